The Balaban J connectivity index is 2.39. The Morgan fingerprint density at radius 1 is 0.917 bits per heavy atom. The molecule has 2 aromatic carbocycles. The number of hydrogen-bond donors (Lipinski definition) is 1. The lowest BCUT2D eigenvalue weighted by atomic mass is 9.99. The van der Waals surface area contributed by atoms with Gasteiger partial charge in [-0.3, -0.25) is 9.59 Å². The molecule has 6 nitrogen and oxygen atoms in total. The summed E-state index contributed by atoms with van der Waals surface area (Å²) in [5.74, 6) is 0.754. The Bertz CT molecular complexity index is 770. The molecule has 0 aliphatic rings. The summed E-state index contributed by atoms with van der Waals surface area (Å²) in [5, 5.41) is 0. The summed E-state index contributed by atoms with van der Waals surface area (Å²) >= 11 is 0. The van der Waals surface area contributed by atoms with E-state index in [1.54, 1.807) is 31.4 Å². The van der Waals surface area contributed by atoms with E-state index in [0.717, 1.165) is 0 Å². The van der Waals surface area contributed by atoms with Crippen LogP contribution < -0.4 is 19.9 Å². The third kappa shape index (κ3) is 3.65. The smallest absolute Gasteiger partial charge is 0.248 e. The van der Waals surface area contributed by atoms with Crippen LogP contribution in [0.3, 0.4) is 0 Å². The second kappa shape index (κ2) is 7.50. The van der Waals surface area contributed by atoms with Crippen molar-refractivity contribution in [1.29, 1.82) is 0 Å². The van der Waals surface area contributed by atoms with Crippen molar-refractivity contribution in [1.82, 2.24) is 0 Å². The third-order valence-corrected chi connectivity index (χ3v) is 3.62. The van der Waals surface area contributed by atoms with Crippen molar-refractivity contribution >= 4 is 11.7 Å². The molecule has 0 radical (unpaired) electrons. The van der Waals surface area contributed by atoms with Crippen LogP contribution >= 0.6 is 0 Å². The highest BCUT2D eigenvalue weighted by molar-refractivity contribution is 6.03. The fourth-order valence-electron chi connectivity index (χ4n) is 2.37. The van der Waals surface area contributed by atoms with Crippen LogP contribution in [0.15, 0.2) is 36.4 Å². The zero-order valence-electron chi connectivity index (χ0n) is 13.8. The first-order valence-electron chi connectivity index (χ1n) is 7.22. The van der Waals surface area contributed by atoms with Crippen LogP contribution in [0.4, 0.5) is 0 Å². The molecule has 126 valence electrons. The van der Waals surface area contributed by atoms with Gasteiger partial charge in [0, 0.05) is 17.5 Å². The summed E-state index contributed by atoms with van der Waals surface area (Å²) in [5.41, 5.74) is 6.49. The molecule has 0 aliphatic heterocycles. The molecule has 0 aromatic heterocycles. The molecule has 0 unspecified atom stereocenters. The van der Waals surface area contributed by atoms with Crippen LogP contribution in [0.2, 0.25) is 0 Å². The van der Waals surface area contributed by atoms with Gasteiger partial charge < -0.3 is 19.9 Å². The van der Waals surface area contributed by atoms with Crippen molar-refractivity contribution in [2.45, 2.75) is 6.42 Å². The number of methoxy groups -OCH3 is 3. The highest BCUT2D eigenvalue weighted by Gasteiger charge is 2.17. The third-order valence-electron chi connectivity index (χ3n) is 3.62. The number of amides is 1. The number of primary amides is 1. The van der Waals surface area contributed by atoms with E-state index in [1.165, 1.54) is 26.4 Å². The van der Waals surface area contributed by atoms with E-state index in [2.05, 4.69) is 0 Å². The minimum atomic E-state index is -0.606. The summed E-state index contributed by atoms with van der Waals surface area (Å²) in [4.78, 5) is 24.1. The predicted octanol–water partition coefficient (Wildman–Crippen LogP) is 2.24. The fourth-order valence-corrected chi connectivity index (χ4v) is 2.37. The van der Waals surface area contributed by atoms with Crippen molar-refractivity contribution in [2.24, 2.45) is 5.73 Å². The first-order chi connectivity index (χ1) is 11.5. The second-order valence-corrected chi connectivity index (χ2v) is 5.06. The molecule has 0 saturated carbocycles. The number of carbonyl (C=O) groups excluding carboxylic acids is 2. The number of carbonyl (C=O) groups is 2. The van der Waals surface area contributed by atoms with Gasteiger partial charge in [-0.1, -0.05) is 0 Å². The van der Waals surface area contributed by atoms with E-state index >= 15 is 0 Å². The van der Waals surface area contributed by atoms with Crippen molar-refractivity contribution in [3.8, 4) is 17.2 Å². The maximum absolute atomic E-state index is 12.7. The van der Waals surface area contributed by atoms with Crippen LogP contribution in [0, 0.1) is 0 Å². The Morgan fingerprint density at radius 3 is 2.17 bits per heavy atom. The van der Waals surface area contributed by atoms with Gasteiger partial charge in [-0.25, -0.2) is 0 Å². The molecule has 24 heavy (non-hydrogen) atoms. The first-order valence-corrected chi connectivity index (χ1v) is 7.22. The normalized spacial score (nSPS) is 10.1. The zero-order chi connectivity index (χ0) is 17.7. The van der Waals surface area contributed by atoms with Crippen LogP contribution in [0.25, 0.3) is 0 Å². The maximum Gasteiger partial charge on any atom is 0.248 e. The average Bonchev–Trinajstić information content (AvgIpc) is 2.60. The summed E-state index contributed by atoms with van der Waals surface area (Å²) in [6.07, 6.45) is 0.0684. The lowest BCUT2D eigenvalue weighted by Gasteiger charge is -2.12. The molecule has 0 saturated heterocycles. The second-order valence-electron chi connectivity index (χ2n) is 5.06. The number of ketones is 1. The molecule has 0 atom stereocenters. The van der Waals surface area contributed by atoms with Crippen molar-refractivity contribution in [2.75, 3.05) is 21.3 Å². The quantitative estimate of drug-likeness (QED) is 0.787. The Morgan fingerprint density at radius 2 is 1.58 bits per heavy atom. The number of hydrogen-bond acceptors (Lipinski definition) is 5. The summed E-state index contributed by atoms with van der Waals surface area (Å²) in [6, 6.07) is 9.73. The fraction of sp³-hybridized carbons (Fsp3) is 0.222. The Kier molecular flexibility index (Phi) is 5.42. The molecule has 2 aromatic rings. The zero-order valence-corrected chi connectivity index (χ0v) is 13.8. The number of ether oxygens (including phenoxy) is 3. The van der Waals surface area contributed by atoms with Crippen LogP contribution in [-0.2, 0) is 6.42 Å². The molecule has 0 aliphatic carbocycles. The first kappa shape index (κ1) is 17.3. The monoisotopic (exact) mass is 329 g/mol. The van der Waals surface area contributed by atoms with E-state index in [9.17, 15) is 9.59 Å². The van der Waals surface area contributed by atoms with Gasteiger partial charge in [-0.2, -0.15) is 0 Å². The van der Waals surface area contributed by atoms with Gasteiger partial charge in [0.15, 0.2) is 5.78 Å². The van der Waals surface area contributed by atoms with E-state index in [0.29, 0.717) is 28.4 Å². The molecule has 2 N–H and O–H groups in total. The van der Waals surface area contributed by atoms with Crippen molar-refractivity contribution < 1.29 is 23.8 Å². The molecule has 6 heteroatoms. The minimum Gasteiger partial charge on any atom is -0.497 e. The Hall–Kier alpha value is -3.02. The molecular formula is C18H19NO5. The largest absolute Gasteiger partial charge is 0.497 e. The number of Topliss-reactive ketones (excluding diaryl/α,β-unsaturated/α-hetero) is 1. The average molecular weight is 329 g/mol. The molecule has 0 bridgehead atoms. The van der Waals surface area contributed by atoms with Crippen LogP contribution in [0.5, 0.6) is 17.2 Å². The minimum absolute atomic E-state index is 0.0684. The summed E-state index contributed by atoms with van der Waals surface area (Å²) < 4.78 is 15.7. The van der Waals surface area contributed by atoms with E-state index in [-0.39, 0.29) is 17.8 Å². The van der Waals surface area contributed by atoms with Gasteiger partial charge in [0.05, 0.1) is 26.9 Å². The highest BCUT2D eigenvalue weighted by atomic mass is 16.5. The topological polar surface area (TPSA) is 87.9 Å². The molecule has 0 heterocycles. The standard InChI is InChI=1S/C18H19NO5/c1-22-13-5-7-16(23-2)12(8-13)10-15(20)14-9-11(18(19)21)4-6-17(14)24-3/h4-9H,10H2,1-3H3,(H2,19,21). The van der Waals surface area contributed by atoms with Crippen LogP contribution in [-0.4, -0.2) is 33.0 Å². The lowest BCUT2D eigenvalue weighted by molar-refractivity contribution is 0.0989. The Labute approximate surface area is 140 Å². The highest BCUT2D eigenvalue weighted by Crippen LogP contribution is 2.27. The van der Waals surface area contributed by atoms with Gasteiger partial charge in [-0.05, 0) is 36.4 Å². The SMILES string of the molecule is COc1ccc(OC)c(CC(=O)c2cc(C(N)=O)ccc2OC)c1. The molecule has 0 spiro atoms. The molecule has 1 amide bonds. The maximum atomic E-state index is 12.7. The van der Waals surface area contributed by atoms with E-state index in [1.807, 2.05) is 0 Å². The summed E-state index contributed by atoms with van der Waals surface area (Å²) in [6.45, 7) is 0. The number of nitrogens with two attached hydrogens (primary N) is 1. The van der Waals surface area contributed by atoms with Gasteiger partial charge in [0.1, 0.15) is 17.2 Å². The molecule has 2 rings (SSSR count). The van der Waals surface area contributed by atoms with Gasteiger partial charge in [-0.15, -0.1) is 0 Å². The predicted molar refractivity (Wildman–Crippen MR) is 89.1 cm³/mol. The summed E-state index contributed by atoms with van der Waals surface area (Å²) in [7, 11) is 4.54. The van der Waals surface area contributed by atoms with E-state index < -0.39 is 5.91 Å². The van der Waals surface area contributed by atoms with Crippen molar-refractivity contribution in [3.05, 3.63) is 53.1 Å². The molecular weight excluding hydrogens is 310 g/mol. The van der Waals surface area contributed by atoms with Gasteiger partial charge in [0.2, 0.25) is 5.91 Å². The lowest BCUT2D eigenvalue weighted by Crippen LogP contribution is -2.13. The van der Waals surface area contributed by atoms with Crippen molar-refractivity contribution in [3.63, 3.8) is 0 Å². The number of benzene rings is 2. The van der Waals surface area contributed by atoms with E-state index in [4.69, 9.17) is 19.9 Å². The van der Waals surface area contributed by atoms with Gasteiger partial charge >= 0.3 is 0 Å². The van der Waals surface area contributed by atoms with Crippen LogP contribution in [0.1, 0.15) is 26.3 Å². The number of rotatable bonds is 7. The molecule has 0 fully saturated rings. The van der Waals surface area contributed by atoms with Gasteiger partial charge in [0.25, 0.3) is 0 Å².